The Hall–Kier alpha value is -3.42. The zero-order valence-corrected chi connectivity index (χ0v) is 17.3. The molecule has 0 bridgehead atoms. The van der Waals surface area contributed by atoms with Gasteiger partial charge in [-0.1, -0.05) is 30.3 Å². The fourth-order valence-electron chi connectivity index (χ4n) is 2.50. The third-order valence-electron chi connectivity index (χ3n) is 3.84. The van der Waals surface area contributed by atoms with E-state index in [0.717, 1.165) is 0 Å². The summed E-state index contributed by atoms with van der Waals surface area (Å²) in [5, 5.41) is 7.87. The van der Waals surface area contributed by atoms with Crippen LogP contribution in [0.25, 0.3) is 0 Å². The number of alkyl carbamates (subject to hydrolysis) is 1. The molecule has 0 atom stereocenters. The van der Waals surface area contributed by atoms with Crippen molar-refractivity contribution in [2.75, 3.05) is 11.9 Å². The van der Waals surface area contributed by atoms with Crippen molar-refractivity contribution in [3.63, 3.8) is 0 Å². The Morgan fingerprint density at radius 1 is 0.933 bits per heavy atom. The van der Waals surface area contributed by atoms with Crippen molar-refractivity contribution in [3.8, 4) is 0 Å². The number of rotatable bonds is 7. The average Bonchev–Trinajstić information content (AvgIpc) is 2.66. The summed E-state index contributed by atoms with van der Waals surface area (Å²) in [6.07, 6.45) is -0.562. The molecule has 0 heterocycles. The number of carbonyl (C=O) groups is 3. The largest absolute Gasteiger partial charge is 0.444 e. The molecule has 2 aromatic rings. The first-order chi connectivity index (χ1) is 14.1. The van der Waals surface area contributed by atoms with E-state index in [1.807, 2.05) is 0 Å². The summed E-state index contributed by atoms with van der Waals surface area (Å²) in [7, 11) is 0. The Kier molecular flexibility index (Phi) is 7.91. The second kappa shape index (κ2) is 10.4. The van der Waals surface area contributed by atoms with E-state index in [-0.39, 0.29) is 31.2 Å². The quantitative estimate of drug-likeness (QED) is 0.647. The maximum absolute atomic E-state index is 12.9. The van der Waals surface area contributed by atoms with Crippen LogP contribution in [-0.2, 0) is 27.3 Å². The summed E-state index contributed by atoms with van der Waals surface area (Å²) in [5.74, 6) is -1.01. The molecule has 2 aromatic carbocycles. The first-order valence-electron chi connectivity index (χ1n) is 9.48. The Morgan fingerprint density at radius 2 is 1.60 bits per heavy atom. The van der Waals surface area contributed by atoms with Gasteiger partial charge in [-0.2, -0.15) is 0 Å². The third kappa shape index (κ3) is 8.30. The van der Waals surface area contributed by atoms with Crippen LogP contribution in [0.2, 0.25) is 0 Å². The number of benzene rings is 2. The van der Waals surface area contributed by atoms with Gasteiger partial charge in [0.1, 0.15) is 18.0 Å². The van der Waals surface area contributed by atoms with Crippen LogP contribution in [0.3, 0.4) is 0 Å². The fraction of sp³-hybridized carbons (Fsp3) is 0.318. The van der Waals surface area contributed by atoms with Gasteiger partial charge in [0.15, 0.2) is 0 Å². The number of amides is 3. The fourth-order valence-corrected chi connectivity index (χ4v) is 2.50. The van der Waals surface area contributed by atoms with Crippen LogP contribution in [0.5, 0.6) is 0 Å². The number of para-hydroxylation sites is 1. The number of hydrogen-bond acceptors (Lipinski definition) is 4. The van der Waals surface area contributed by atoms with Gasteiger partial charge in [-0.25, -0.2) is 9.18 Å². The number of halogens is 1. The topological polar surface area (TPSA) is 96.5 Å². The number of carbonyl (C=O) groups excluding carboxylic acids is 3. The van der Waals surface area contributed by atoms with Crippen LogP contribution in [0.15, 0.2) is 48.5 Å². The van der Waals surface area contributed by atoms with Crippen LogP contribution in [-0.4, -0.2) is 30.1 Å². The smallest absolute Gasteiger partial charge is 0.408 e. The highest BCUT2D eigenvalue weighted by molar-refractivity contribution is 5.94. The molecule has 0 aromatic heterocycles. The Morgan fingerprint density at radius 3 is 2.27 bits per heavy atom. The molecule has 0 aliphatic rings. The lowest BCUT2D eigenvalue weighted by atomic mass is 10.1. The summed E-state index contributed by atoms with van der Waals surface area (Å²) in [6.45, 7) is 5.14. The third-order valence-corrected chi connectivity index (χ3v) is 3.84. The number of nitrogens with one attached hydrogen (secondary N) is 3. The van der Waals surface area contributed by atoms with Crippen LogP contribution in [0.1, 0.15) is 31.9 Å². The van der Waals surface area contributed by atoms with E-state index < -0.39 is 17.6 Å². The van der Waals surface area contributed by atoms with Crippen LogP contribution < -0.4 is 16.0 Å². The van der Waals surface area contributed by atoms with Gasteiger partial charge in [0.05, 0.1) is 6.42 Å². The molecule has 0 aliphatic carbocycles. The predicted octanol–water partition coefficient (Wildman–Crippen LogP) is 3.15. The molecule has 3 N–H and O–H groups in total. The SMILES string of the molecule is CC(C)(C)OC(=O)NCC(=O)Nc1ccccc1CNC(=O)Cc1ccc(F)cc1. The lowest BCUT2D eigenvalue weighted by Gasteiger charge is -2.19. The minimum Gasteiger partial charge on any atom is -0.444 e. The highest BCUT2D eigenvalue weighted by Crippen LogP contribution is 2.15. The number of ether oxygens (including phenoxy) is 1. The Labute approximate surface area is 175 Å². The molecule has 0 spiro atoms. The van der Waals surface area contributed by atoms with E-state index in [1.54, 1.807) is 57.2 Å². The van der Waals surface area contributed by atoms with E-state index in [1.165, 1.54) is 12.1 Å². The molecule has 7 nitrogen and oxygen atoms in total. The zero-order valence-electron chi connectivity index (χ0n) is 17.3. The molecule has 0 saturated heterocycles. The van der Waals surface area contributed by atoms with Crippen molar-refractivity contribution in [2.24, 2.45) is 0 Å². The normalized spacial score (nSPS) is 10.8. The van der Waals surface area contributed by atoms with Gasteiger partial charge in [-0.3, -0.25) is 9.59 Å². The van der Waals surface area contributed by atoms with Crippen LogP contribution in [0.4, 0.5) is 14.9 Å². The molecular formula is C22H26FN3O4. The second-order valence-electron chi connectivity index (χ2n) is 7.64. The van der Waals surface area contributed by atoms with Gasteiger partial charge < -0.3 is 20.7 Å². The van der Waals surface area contributed by atoms with Gasteiger partial charge in [0.2, 0.25) is 11.8 Å². The highest BCUT2D eigenvalue weighted by Gasteiger charge is 2.17. The van der Waals surface area contributed by atoms with Crippen LogP contribution in [0, 0.1) is 5.82 Å². The lowest BCUT2D eigenvalue weighted by molar-refractivity contribution is -0.120. The molecule has 3 amide bonds. The number of hydrogen-bond donors (Lipinski definition) is 3. The van der Waals surface area contributed by atoms with Crippen molar-refractivity contribution in [1.29, 1.82) is 0 Å². The molecule has 0 fully saturated rings. The summed E-state index contributed by atoms with van der Waals surface area (Å²) in [5.41, 5.74) is 1.27. The first-order valence-corrected chi connectivity index (χ1v) is 9.48. The van der Waals surface area contributed by atoms with Gasteiger partial charge >= 0.3 is 6.09 Å². The molecule has 8 heteroatoms. The van der Waals surface area contributed by atoms with E-state index >= 15 is 0 Å². The summed E-state index contributed by atoms with van der Waals surface area (Å²) < 4.78 is 18.0. The summed E-state index contributed by atoms with van der Waals surface area (Å²) in [4.78, 5) is 35.9. The van der Waals surface area contributed by atoms with Crippen LogP contribution >= 0.6 is 0 Å². The average molecular weight is 415 g/mol. The molecule has 0 saturated carbocycles. The minimum absolute atomic E-state index is 0.120. The molecular weight excluding hydrogens is 389 g/mol. The summed E-state index contributed by atoms with van der Waals surface area (Å²) >= 11 is 0. The zero-order chi connectivity index (χ0) is 22.1. The molecule has 0 unspecified atom stereocenters. The maximum Gasteiger partial charge on any atom is 0.408 e. The summed E-state index contributed by atoms with van der Waals surface area (Å²) in [6, 6.07) is 12.7. The maximum atomic E-state index is 12.9. The second-order valence-corrected chi connectivity index (χ2v) is 7.64. The molecule has 30 heavy (non-hydrogen) atoms. The van der Waals surface area contributed by atoms with E-state index in [4.69, 9.17) is 4.74 Å². The van der Waals surface area contributed by atoms with E-state index in [9.17, 15) is 18.8 Å². The van der Waals surface area contributed by atoms with Gasteiger partial charge in [0, 0.05) is 12.2 Å². The molecule has 0 radical (unpaired) electrons. The Bertz CT molecular complexity index is 892. The van der Waals surface area contributed by atoms with Crippen molar-refractivity contribution in [2.45, 2.75) is 39.3 Å². The van der Waals surface area contributed by atoms with Crippen molar-refractivity contribution >= 4 is 23.6 Å². The monoisotopic (exact) mass is 415 g/mol. The van der Waals surface area contributed by atoms with E-state index in [2.05, 4.69) is 16.0 Å². The lowest BCUT2D eigenvalue weighted by Crippen LogP contribution is -2.37. The first kappa shape index (κ1) is 22.9. The molecule has 2 rings (SSSR count). The molecule has 160 valence electrons. The predicted molar refractivity (Wildman–Crippen MR) is 111 cm³/mol. The van der Waals surface area contributed by atoms with E-state index in [0.29, 0.717) is 16.8 Å². The van der Waals surface area contributed by atoms with Crippen molar-refractivity contribution < 1.29 is 23.5 Å². The Balaban J connectivity index is 1.86. The van der Waals surface area contributed by atoms with Crippen molar-refractivity contribution in [1.82, 2.24) is 10.6 Å². The van der Waals surface area contributed by atoms with Gasteiger partial charge in [-0.15, -0.1) is 0 Å². The highest BCUT2D eigenvalue weighted by atomic mass is 19.1. The van der Waals surface area contributed by atoms with Gasteiger partial charge in [-0.05, 0) is 50.1 Å². The van der Waals surface area contributed by atoms with Gasteiger partial charge in [0.25, 0.3) is 0 Å². The number of anilines is 1. The standard InChI is InChI=1S/C22H26FN3O4/c1-22(2,3)30-21(29)25-14-20(28)26-18-7-5-4-6-16(18)13-24-19(27)12-15-8-10-17(23)11-9-15/h4-11H,12-14H2,1-3H3,(H,24,27)(H,25,29)(H,26,28). The minimum atomic E-state index is -0.681. The molecule has 0 aliphatic heterocycles. The van der Waals surface area contributed by atoms with Crippen molar-refractivity contribution in [3.05, 3.63) is 65.5 Å².